The van der Waals surface area contributed by atoms with Gasteiger partial charge >= 0.3 is 0 Å². The molecule has 0 fully saturated rings. The van der Waals surface area contributed by atoms with E-state index in [1.807, 2.05) is 84.6 Å². The summed E-state index contributed by atoms with van der Waals surface area (Å²) in [6.07, 6.45) is 0. The molecule has 3 aromatic rings. The molecule has 25 heavy (non-hydrogen) atoms. The van der Waals surface area contributed by atoms with Crippen LogP contribution in [-0.2, 0) is 0 Å². The minimum Gasteiger partial charge on any atom is -0.105 e. The van der Waals surface area contributed by atoms with Crippen molar-refractivity contribution >= 4 is 13.3 Å². The predicted molar refractivity (Wildman–Crippen MR) is 109 cm³/mol. The van der Waals surface area contributed by atoms with E-state index in [2.05, 4.69) is 41.6 Å². The van der Waals surface area contributed by atoms with Gasteiger partial charge in [-0.3, -0.25) is 0 Å². The molecule has 0 nitrogen and oxygen atoms in total. The van der Waals surface area contributed by atoms with Crippen LogP contribution in [0, 0.1) is 22.9 Å². The van der Waals surface area contributed by atoms with Crippen molar-refractivity contribution in [1.29, 1.82) is 0 Å². The first-order chi connectivity index (χ1) is 12.3. The van der Waals surface area contributed by atoms with Crippen LogP contribution in [0.5, 0.6) is 0 Å². The van der Waals surface area contributed by atoms with E-state index in [1.54, 1.807) is 0 Å². The fraction of sp³-hybridized carbons (Fsp3) is 0. The van der Waals surface area contributed by atoms with Gasteiger partial charge < -0.3 is 0 Å². The van der Waals surface area contributed by atoms with Crippen molar-refractivity contribution in [3.8, 4) is 22.9 Å². The summed E-state index contributed by atoms with van der Waals surface area (Å²) in [5.74, 6) is 6.62. The molecule has 0 aromatic heterocycles. The third-order valence-electron chi connectivity index (χ3n) is 3.89. The van der Waals surface area contributed by atoms with Gasteiger partial charge in [0.2, 0.25) is 0 Å². The van der Waals surface area contributed by atoms with Crippen LogP contribution in [0.2, 0.25) is 0 Å². The lowest BCUT2D eigenvalue weighted by atomic mass is 10.2. The number of rotatable bonds is 2. The quantitative estimate of drug-likeness (QED) is 0.485. The van der Waals surface area contributed by atoms with Gasteiger partial charge in [-0.2, -0.15) is 0 Å². The summed E-state index contributed by atoms with van der Waals surface area (Å²) in [6, 6.07) is 30.4. The standard InChI is InChI=1S/C24H18Si/c1-2-25(24-16-10-5-11-17-24,20-18-22-12-6-3-7-13-22)21-19-23-14-8-4-9-15-23/h2-17H,1H2. The van der Waals surface area contributed by atoms with Crippen LogP contribution < -0.4 is 5.19 Å². The maximum Gasteiger partial charge on any atom is 0.269 e. The highest BCUT2D eigenvalue weighted by molar-refractivity contribution is 7.08. The lowest BCUT2D eigenvalue weighted by Gasteiger charge is -2.15. The van der Waals surface area contributed by atoms with Gasteiger partial charge in [-0.1, -0.05) is 95.4 Å². The number of hydrogen-bond donors (Lipinski definition) is 0. The molecule has 0 N–H and O–H groups in total. The van der Waals surface area contributed by atoms with E-state index in [1.165, 1.54) is 0 Å². The molecule has 0 spiro atoms. The molecule has 0 aliphatic heterocycles. The van der Waals surface area contributed by atoms with Crippen LogP contribution in [0.4, 0.5) is 0 Å². The molecule has 3 rings (SSSR count). The summed E-state index contributed by atoms with van der Waals surface area (Å²) in [7, 11) is -2.47. The van der Waals surface area contributed by atoms with Gasteiger partial charge in [-0.15, -0.1) is 6.58 Å². The highest BCUT2D eigenvalue weighted by atomic mass is 28.3. The number of benzene rings is 3. The molecule has 0 atom stereocenters. The second-order valence-electron chi connectivity index (χ2n) is 5.61. The van der Waals surface area contributed by atoms with Crippen molar-refractivity contribution in [2.75, 3.05) is 0 Å². The lowest BCUT2D eigenvalue weighted by molar-refractivity contribution is 1.65. The average molecular weight is 334 g/mol. The second kappa shape index (κ2) is 8.02. The Morgan fingerprint density at radius 2 is 1.00 bits per heavy atom. The zero-order valence-corrected chi connectivity index (χ0v) is 14.9. The molecule has 118 valence electrons. The van der Waals surface area contributed by atoms with E-state index in [9.17, 15) is 0 Å². The summed E-state index contributed by atoms with van der Waals surface area (Å²) < 4.78 is 0. The monoisotopic (exact) mass is 334 g/mol. The zero-order valence-electron chi connectivity index (χ0n) is 13.9. The SMILES string of the molecule is C=C[Si](C#Cc1ccccc1)(C#Cc1ccccc1)c1ccccc1. The van der Waals surface area contributed by atoms with Crippen molar-refractivity contribution in [2.45, 2.75) is 0 Å². The van der Waals surface area contributed by atoms with Gasteiger partial charge in [0.05, 0.1) is 0 Å². The average Bonchev–Trinajstić information content (AvgIpc) is 2.71. The van der Waals surface area contributed by atoms with Crippen LogP contribution in [-0.4, -0.2) is 8.07 Å². The van der Waals surface area contributed by atoms with Crippen LogP contribution in [0.3, 0.4) is 0 Å². The van der Waals surface area contributed by atoms with E-state index < -0.39 is 8.07 Å². The molecule has 1 heteroatoms. The van der Waals surface area contributed by atoms with Crippen molar-refractivity contribution < 1.29 is 0 Å². The zero-order chi connectivity index (χ0) is 17.4. The highest BCUT2D eigenvalue weighted by Crippen LogP contribution is 2.06. The molecule has 0 aliphatic carbocycles. The normalized spacial score (nSPS) is 9.92. The van der Waals surface area contributed by atoms with Crippen LogP contribution in [0.1, 0.15) is 11.1 Å². The minimum absolute atomic E-state index is 0.999. The van der Waals surface area contributed by atoms with E-state index in [0.717, 1.165) is 16.3 Å². The van der Waals surface area contributed by atoms with Gasteiger partial charge in [0.15, 0.2) is 0 Å². The first-order valence-corrected chi connectivity index (χ1v) is 10.3. The lowest BCUT2D eigenvalue weighted by Crippen LogP contribution is -2.44. The Balaban J connectivity index is 2.10. The Labute approximate surface area is 150 Å². The molecule has 3 aromatic carbocycles. The number of hydrogen-bond acceptors (Lipinski definition) is 0. The maximum absolute atomic E-state index is 4.09. The smallest absolute Gasteiger partial charge is 0.105 e. The maximum atomic E-state index is 4.09. The molecule has 0 bridgehead atoms. The molecule has 0 amide bonds. The Bertz CT molecular complexity index is 892. The van der Waals surface area contributed by atoms with Gasteiger partial charge in [0.25, 0.3) is 8.07 Å². The van der Waals surface area contributed by atoms with E-state index in [0.29, 0.717) is 0 Å². The highest BCUT2D eigenvalue weighted by Gasteiger charge is 2.28. The van der Waals surface area contributed by atoms with Gasteiger partial charge in [0, 0.05) is 11.1 Å². The largest absolute Gasteiger partial charge is 0.269 e. The van der Waals surface area contributed by atoms with Crippen molar-refractivity contribution in [2.24, 2.45) is 0 Å². The summed E-state index contributed by atoms with van der Waals surface area (Å²) in [4.78, 5) is 0. The van der Waals surface area contributed by atoms with Crippen molar-refractivity contribution in [1.82, 2.24) is 0 Å². The van der Waals surface area contributed by atoms with Gasteiger partial charge in [0.1, 0.15) is 0 Å². The Hall–Kier alpha value is -3.26. The summed E-state index contributed by atoms with van der Waals surface area (Å²) in [5, 5.41) is 1.16. The van der Waals surface area contributed by atoms with E-state index in [4.69, 9.17) is 0 Å². The summed E-state index contributed by atoms with van der Waals surface area (Å²) >= 11 is 0. The Kier molecular flexibility index (Phi) is 5.32. The van der Waals surface area contributed by atoms with Crippen LogP contribution >= 0.6 is 0 Å². The van der Waals surface area contributed by atoms with E-state index in [-0.39, 0.29) is 0 Å². The topological polar surface area (TPSA) is 0 Å². The van der Waals surface area contributed by atoms with Crippen LogP contribution in [0.15, 0.2) is 103 Å². The van der Waals surface area contributed by atoms with Crippen LogP contribution in [0.25, 0.3) is 0 Å². The summed E-state index contributed by atoms with van der Waals surface area (Å²) in [5.41, 5.74) is 10.9. The molecule has 0 radical (unpaired) electrons. The van der Waals surface area contributed by atoms with Gasteiger partial charge in [-0.25, -0.2) is 0 Å². The van der Waals surface area contributed by atoms with Crippen molar-refractivity contribution in [3.05, 3.63) is 114 Å². The molecule has 0 heterocycles. The molecule has 0 aliphatic rings. The van der Waals surface area contributed by atoms with Gasteiger partial charge in [-0.05, 0) is 29.5 Å². The first kappa shape index (κ1) is 16.6. The Morgan fingerprint density at radius 1 is 0.600 bits per heavy atom. The summed E-state index contributed by atoms with van der Waals surface area (Å²) in [6.45, 7) is 4.09. The Morgan fingerprint density at radius 3 is 1.40 bits per heavy atom. The minimum atomic E-state index is -2.47. The molecule has 0 saturated carbocycles. The second-order valence-corrected chi connectivity index (χ2v) is 8.71. The fourth-order valence-corrected chi connectivity index (χ4v) is 4.67. The van der Waals surface area contributed by atoms with Crippen molar-refractivity contribution in [3.63, 3.8) is 0 Å². The third-order valence-corrected chi connectivity index (χ3v) is 6.79. The molecular formula is C24H18Si. The first-order valence-electron chi connectivity index (χ1n) is 8.18. The third kappa shape index (κ3) is 4.18. The predicted octanol–water partition coefficient (Wildman–Crippen LogP) is 4.25. The fourth-order valence-electron chi connectivity index (χ4n) is 2.48. The van der Waals surface area contributed by atoms with E-state index >= 15 is 0 Å². The molecule has 0 saturated heterocycles. The molecule has 0 unspecified atom stereocenters. The molecular weight excluding hydrogens is 316 g/mol.